The molecule has 8 bridgehead atoms. The molecule has 0 amide bonds. The Labute approximate surface area is 315 Å². The molecular formula is C47H42N7+3. The first-order chi connectivity index (χ1) is 26.6. The third kappa shape index (κ3) is 5.75. The van der Waals surface area contributed by atoms with Crippen LogP contribution in [0.1, 0.15) is 43.5 Å². The summed E-state index contributed by atoms with van der Waals surface area (Å²) in [6.07, 6.45) is 15.1. The lowest BCUT2D eigenvalue weighted by atomic mass is 10.0. The highest BCUT2D eigenvalue weighted by Gasteiger charge is 2.25. The molecule has 6 aromatic heterocycles. The van der Waals surface area contributed by atoms with Crippen LogP contribution in [0.3, 0.4) is 0 Å². The Kier molecular flexibility index (Phi) is 8.60. The smallest absolute Gasteiger partial charge is 0.216 e. The summed E-state index contributed by atoms with van der Waals surface area (Å²) >= 11 is 0. The minimum Gasteiger partial charge on any atom is -0.354 e. The van der Waals surface area contributed by atoms with Gasteiger partial charge in [0.05, 0.1) is 56.0 Å². The number of rotatable bonds is 7. The summed E-state index contributed by atoms with van der Waals surface area (Å²) in [5.74, 6) is 0. The Morgan fingerprint density at radius 3 is 1.09 bits per heavy atom. The normalized spacial score (nSPS) is 12.1. The zero-order chi connectivity index (χ0) is 36.6. The van der Waals surface area contributed by atoms with Gasteiger partial charge in [0, 0.05) is 47.5 Å². The molecule has 7 nitrogen and oxygen atoms in total. The maximum Gasteiger partial charge on any atom is 0.216 e. The van der Waals surface area contributed by atoms with Crippen LogP contribution >= 0.6 is 0 Å². The second-order valence-corrected chi connectivity index (χ2v) is 13.5. The lowest BCUT2D eigenvalue weighted by Crippen LogP contribution is -2.34. The van der Waals surface area contributed by atoms with Gasteiger partial charge in [-0.25, -0.2) is 9.97 Å². The summed E-state index contributed by atoms with van der Waals surface area (Å²) in [7, 11) is 0. The third-order valence-corrected chi connectivity index (χ3v) is 10.4. The predicted octanol–water partition coefficient (Wildman–Crippen LogP) is 9.25. The van der Waals surface area contributed by atoms with E-state index in [-0.39, 0.29) is 0 Å². The Morgan fingerprint density at radius 2 is 0.722 bits per heavy atom. The minimum absolute atomic E-state index is 0.822. The molecule has 2 aliphatic rings. The molecule has 0 atom stereocenters. The van der Waals surface area contributed by atoms with Gasteiger partial charge in [-0.2, -0.15) is 13.7 Å². The highest BCUT2D eigenvalue weighted by atomic mass is 15.0. The zero-order valence-electron chi connectivity index (χ0n) is 30.8. The van der Waals surface area contributed by atoms with Gasteiger partial charge in [-0.3, -0.25) is 0 Å². The largest absolute Gasteiger partial charge is 0.354 e. The Bertz CT molecular complexity index is 2740. The Balaban J connectivity index is 1.50. The van der Waals surface area contributed by atoms with Gasteiger partial charge in [0.1, 0.15) is 19.6 Å². The van der Waals surface area contributed by atoms with Crippen LogP contribution in [0, 0.1) is 0 Å². The molecule has 0 fully saturated rings. The molecule has 0 unspecified atom stereocenters. The highest BCUT2D eigenvalue weighted by Crippen LogP contribution is 2.37. The SMILES string of the molecule is CC[n+]1ccccc1-c1c2nc(c(-c3cccc[n+]3CC)c3ccc([nH]3)c(-c3cccc[n+]3CC)c3nc(c(-c4ccccc4)c4ccc1[nH]4)C=C3)C=C2. The second-order valence-electron chi connectivity index (χ2n) is 13.5. The van der Waals surface area contributed by atoms with Crippen molar-refractivity contribution in [1.82, 2.24) is 19.9 Å². The van der Waals surface area contributed by atoms with E-state index in [4.69, 9.17) is 9.97 Å². The third-order valence-electron chi connectivity index (χ3n) is 10.4. The van der Waals surface area contributed by atoms with Gasteiger partial charge in [-0.05, 0) is 93.1 Å². The van der Waals surface area contributed by atoms with E-state index < -0.39 is 0 Å². The van der Waals surface area contributed by atoms with Gasteiger partial charge in [0.25, 0.3) is 0 Å². The van der Waals surface area contributed by atoms with Crippen molar-refractivity contribution in [3.63, 3.8) is 0 Å². The molecule has 0 saturated heterocycles. The molecule has 262 valence electrons. The van der Waals surface area contributed by atoms with Gasteiger partial charge in [-0.1, -0.05) is 30.3 Å². The number of benzene rings is 1. The minimum atomic E-state index is 0.822. The number of aryl methyl sites for hydroxylation is 3. The summed E-state index contributed by atoms with van der Waals surface area (Å²) in [5.41, 5.74) is 16.1. The molecule has 0 saturated carbocycles. The van der Waals surface area contributed by atoms with Crippen molar-refractivity contribution in [3.8, 4) is 44.9 Å². The van der Waals surface area contributed by atoms with E-state index in [0.717, 1.165) is 109 Å². The van der Waals surface area contributed by atoms with Crippen LogP contribution in [0.2, 0.25) is 0 Å². The molecule has 54 heavy (non-hydrogen) atoms. The molecule has 7 heteroatoms. The Hall–Kier alpha value is -6.73. The number of pyridine rings is 3. The van der Waals surface area contributed by atoms with Crippen LogP contribution in [0.5, 0.6) is 0 Å². The molecule has 8 heterocycles. The molecule has 1 aromatic carbocycles. The van der Waals surface area contributed by atoms with Gasteiger partial charge < -0.3 is 9.97 Å². The summed E-state index contributed by atoms with van der Waals surface area (Å²) in [4.78, 5) is 18.7. The number of H-pyrrole nitrogens is 2. The van der Waals surface area contributed by atoms with Crippen molar-refractivity contribution in [2.45, 2.75) is 40.4 Å². The van der Waals surface area contributed by atoms with Crippen LogP contribution in [0.15, 0.2) is 128 Å². The van der Waals surface area contributed by atoms with Crippen LogP contribution in [0.25, 0.3) is 91.3 Å². The molecule has 7 aromatic rings. The first-order valence-corrected chi connectivity index (χ1v) is 18.8. The van der Waals surface area contributed by atoms with Crippen molar-refractivity contribution >= 4 is 46.4 Å². The number of hydrogen-bond acceptors (Lipinski definition) is 2. The van der Waals surface area contributed by atoms with E-state index in [9.17, 15) is 0 Å². The number of aromatic amines is 2. The van der Waals surface area contributed by atoms with Gasteiger partial charge in [-0.15, -0.1) is 0 Å². The maximum absolute atomic E-state index is 5.50. The average molecular weight is 705 g/mol. The van der Waals surface area contributed by atoms with Crippen molar-refractivity contribution in [3.05, 3.63) is 151 Å². The maximum atomic E-state index is 5.50. The molecular weight excluding hydrogens is 663 g/mol. The van der Waals surface area contributed by atoms with E-state index in [1.165, 1.54) is 0 Å². The molecule has 0 radical (unpaired) electrons. The van der Waals surface area contributed by atoms with Gasteiger partial charge >= 0.3 is 0 Å². The monoisotopic (exact) mass is 704 g/mol. The van der Waals surface area contributed by atoms with E-state index in [1.807, 2.05) is 0 Å². The topological polar surface area (TPSA) is 69.0 Å². The summed E-state index contributed by atoms with van der Waals surface area (Å²) in [5, 5.41) is 0. The number of nitrogens with one attached hydrogen (secondary N) is 2. The lowest BCUT2D eigenvalue weighted by molar-refractivity contribution is -0.682. The van der Waals surface area contributed by atoms with Crippen LogP contribution in [-0.2, 0) is 19.6 Å². The van der Waals surface area contributed by atoms with Gasteiger partial charge in [0.2, 0.25) is 17.1 Å². The summed E-state index contributed by atoms with van der Waals surface area (Å²) < 4.78 is 6.84. The molecule has 2 aliphatic heterocycles. The van der Waals surface area contributed by atoms with E-state index >= 15 is 0 Å². The zero-order valence-corrected chi connectivity index (χ0v) is 30.8. The summed E-state index contributed by atoms with van der Waals surface area (Å²) in [6, 6.07) is 38.5. The van der Waals surface area contributed by atoms with E-state index in [2.05, 4.69) is 197 Å². The first-order valence-electron chi connectivity index (χ1n) is 18.8. The van der Waals surface area contributed by atoms with Crippen LogP contribution in [-0.4, -0.2) is 19.9 Å². The average Bonchev–Trinajstić information content (AvgIpc) is 4.07. The Morgan fingerprint density at radius 1 is 0.389 bits per heavy atom. The van der Waals surface area contributed by atoms with Crippen molar-refractivity contribution in [2.24, 2.45) is 0 Å². The number of fused-ring (bicyclic) bond motifs is 8. The predicted molar refractivity (Wildman–Crippen MR) is 218 cm³/mol. The molecule has 0 spiro atoms. The summed E-state index contributed by atoms with van der Waals surface area (Å²) in [6.45, 7) is 9.01. The van der Waals surface area contributed by atoms with Crippen molar-refractivity contribution in [2.75, 3.05) is 0 Å². The standard InChI is InChI=1S/C47H41N7/c1-4-52-29-13-10-18-41(52)45-35-23-21-33(48-35)44(32-16-8-7-9-17-32)34-22-24-36(49-34)46(42-19-11-14-30-53(42)5-2)38-26-28-40(51-38)47(39-27-25-37(45)50-39)43-20-12-15-31-54(43)6-3/h7-31H,4-6H2,1-3H3,(H,48,49,50,51)/q+2/p+1. The lowest BCUT2D eigenvalue weighted by Gasteiger charge is -2.06. The fourth-order valence-electron chi connectivity index (χ4n) is 7.86. The number of aromatic nitrogens is 7. The van der Waals surface area contributed by atoms with Crippen LogP contribution < -0.4 is 13.7 Å². The second kappa shape index (κ2) is 14.0. The highest BCUT2D eigenvalue weighted by molar-refractivity contribution is 5.98. The van der Waals surface area contributed by atoms with E-state index in [0.29, 0.717) is 0 Å². The first kappa shape index (κ1) is 33.1. The molecule has 9 rings (SSSR count). The van der Waals surface area contributed by atoms with Crippen molar-refractivity contribution in [1.29, 1.82) is 0 Å². The molecule has 0 aliphatic carbocycles. The van der Waals surface area contributed by atoms with Crippen molar-refractivity contribution < 1.29 is 13.7 Å². The fraction of sp³-hybridized carbons (Fsp3) is 0.128. The number of nitrogens with zero attached hydrogens (tertiary/aromatic N) is 5. The number of hydrogen-bond donors (Lipinski definition) is 2. The van der Waals surface area contributed by atoms with Crippen LogP contribution in [0.4, 0.5) is 0 Å². The molecule has 2 N–H and O–H groups in total. The van der Waals surface area contributed by atoms with E-state index in [1.54, 1.807) is 0 Å². The van der Waals surface area contributed by atoms with Gasteiger partial charge in [0.15, 0.2) is 18.6 Å². The quantitative estimate of drug-likeness (QED) is 0.163. The fourth-order valence-corrected chi connectivity index (χ4v) is 7.86.